The molecule has 94 valence electrons. The van der Waals surface area contributed by atoms with E-state index in [9.17, 15) is 4.79 Å². The van der Waals surface area contributed by atoms with Crippen molar-refractivity contribution in [3.05, 3.63) is 59.2 Å². The zero-order valence-electron chi connectivity index (χ0n) is 10.3. The molecule has 2 rings (SSSR count). The summed E-state index contributed by atoms with van der Waals surface area (Å²) >= 11 is 1.46. The first-order valence-corrected chi connectivity index (χ1v) is 6.44. The molecule has 0 radical (unpaired) electrons. The quantitative estimate of drug-likeness (QED) is 0.922. The number of aryl methyl sites for hydroxylation is 1. The number of rotatable bonds is 3. The first kappa shape index (κ1) is 13.2. The monoisotopic (exact) mass is 269 g/mol. The molecule has 4 heteroatoms. The van der Waals surface area contributed by atoms with Crippen molar-refractivity contribution in [2.45, 2.75) is 16.7 Å². The zero-order chi connectivity index (χ0) is 13.8. The lowest BCUT2D eigenvalue weighted by Gasteiger charge is -2.05. The van der Waals surface area contributed by atoms with Crippen molar-refractivity contribution in [3.8, 4) is 6.07 Å². The third kappa shape index (κ3) is 3.15. The second kappa shape index (κ2) is 5.59. The van der Waals surface area contributed by atoms with Gasteiger partial charge in [0.2, 0.25) is 0 Å². The molecule has 0 heterocycles. The van der Waals surface area contributed by atoms with E-state index < -0.39 is 5.97 Å². The Labute approximate surface area is 115 Å². The first-order chi connectivity index (χ1) is 9.10. The molecule has 0 bridgehead atoms. The number of hydrogen-bond acceptors (Lipinski definition) is 3. The molecule has 1 N–H and O–H groups in total. The number of carboxylic acids is 1. The molecule has 0 spiro atoms. The third-order valence-corrected chi connectivity index (χ3v) is 3.65. The normalized spacial score (nSPS) is 9.89. The van der Waals surface area contributed by atoms with Gasteiger partial charge in [0.1, 0.15) is 6.07 Å². The van der Waals surface area contributed by atoms with Crippen LogP contribution in [0.15, 0.2) is 52.3 Å². The van der Waals surface area contributed by atoms with E-state index >= 15 is 0 Å². The molecule has 0 aliphatic rings. The van der Waals surface area contributed by atoms with Crippen LogP contribution in [0.3, 0.4) is 0 Å². The highest BCUT2D eigenvalue weighted by atomic mass is 32.2. The van der Waals surface area contributed by atoms with Crippen molar-refractivity contribution in [2.75, 3.05) is 0 Å². The third-order valence-electron chi connectivity index (χ3n) is 2.59. The Morgan fingerprint density at radius 2 is 1.89 bits per heavy atom. The standard InChI is InChI=1S/C15H11NO2S/c1-10-2-3-12(9-16)14(8-10)19-13-6-4-11(5-7-13)15(17)18/h2-8H,1H3,(H,17,18). The highest BCUT2D eigenvalue weighted by molar-refractivity contribution is 7.99. The van der Waals surface area contributed by atoms with Crippen LogP contribution < -0.4 is 0 Å². The first-order valence-electron chi connectivity index (χ1n) is 5.62. The molecular weight excluding hydrogens is 258 g/mol. The summed E-state index contributed by atoms with van der Waals surface area (Å²) in [5.74, 6) is -0.940. The van der Waals surface area contributed by atoms with Gasteiger partial charge in [-0.2, -0.15) is 5.26 Å². The molecule has 3 nitrogen and oxygen atoms in total. The SMILES string of the molecule is Cc1ccc(C#N)c(Sc2ccc(C(=O)O)cc2)c1. The van der Waals surface area contributed by atoms with Crippen LogP contribution in [0.4, 0.5) is 0 Å². The molecular formula is C15H11NO2S. The van der Waals surface area contributed by atoms with E-state index in [0.717, 1.165) is 15.4 Å². The van der Waals surface area contributed by atoms with Crippen molar-refractivity contribution >= 4 is 17.7 Å². The van der Waals surface area contributed by atoms with Gasteiger partial charge < -0.3 is 5.11 Å². The fourth-order valence-electron chi connectivity index (χ4n) is 1.60. The summed E-state index contributed by atoms with van der Waals surface area (Å²) in [5.41, 5.74) is 1.97. The van der Waals surface area contributed by atoms with Gasteiger partial charge in [0.25, 0.3) is 0 Å². The molecule has 2 aromatic carbocycles. The minimum atomic E-state index is -0.940. The van der Waals surface area contributed by atoms with Gasteiger partial charge in [-0.05, 0) is 48.9 Å². The Bertz CT molecular complexity index is 657. The number of nitrogens with zero attached hydrogens (tertiary/aromatic N) is 1. The molecule has 0 aliphatic carbocycles. The van der Waals surface area contributed by atoms with Crippen LogP contribution in [0.2, 0.25) is 0 Å². The average Bonchev–Trinajstić information content (AvgIpc) is 2.39. The number of aromatic carboxylic acids is 1. The van der Waals surface area contributed by atoms with Gasteiger partial charge in [-0.3, -0.25) is 0 Å². The van der Waals surface area contributed by atoms with Gasteiger partial charge >= 0.3 is 5.97 Å². The van der Waals surface area contributed by atoms with E-state index in [1.165, 1.54) is 11.8 Å². The van der Waals surface area contributed by atoms with E-state index in [1.54, 1.807) is 30.3 Å². The summed E-state index contributed by atoms with van der Waals surface area (Å²) in [7, 11) is 0. The zero-order valence-corrected chi connectivity index (χ0v) is 11.1. The molecule has 0 saturated heterocycles. The van der Waals surface area contributed by atoms with E-state index in [4.69, 9.17) is 10.4 Å². The van der Waals surface area contributed by atoms with Gasteiger partial charge in [-0.25, -0.2) is 4.79 Å². The summed E-state index contributed by atoms with van der Waals surface area (Å²) in [6, 6.07) is 14.4. The Morgan fingerprint density at radius 3 is 2.47 bits per heavy atom. The van der Waals surface area contributed by atoms with Crippen LogP contribution in [-0.2, 0) is 0 Å². The van der Waals surface area contributed by atoms with E-state index in [1.807, 2.05) is 19.1 Å². The average molecular weight is 269 g/mol. The lowest BCUT2D eigenvalue weighted by Crippen LogP contribution is -1.94. The number of benzene rings is 2. The van der Waals surface area contributed by atoms with Crippen molar-refractivity contribution in [1.82, 2.24) is 0 Å². The highest BCUT2D eigenvalue weighted by Crippen LogP contribution is 2.31. The summed E-state index contributed by atoms with van der Waals surface area (Å²) < 4.78 is 0. The Hall–Kier alpha value is -2.25. The van der Waals surface area contributed by atoms with Crippen molar-refractivity contribution in [3.63, 3.8) is 0 Å². The van der Waals surface area contributed by atoms with Crippen molar-refractivity contribution in [1.29, 1.82) is 5.26 Å². The minimum Gasteiger partial charge on any atom is -0.478 e. The number of hydrogen-bond donors (Lipinski definition) is 1. The lowest BCUT2D eigenvalue weighted by atomic mass is 10.2. The summed E-state index contributed by atoms with van der Waals surface area (Å²) in [5, 5.41) is 17.9. The maximum Gasteiger partial charge on any atom is 0.335 e. The van der Waals surface area contributed by atoms with Crippen LogP contribution in [0.1, 0.15) is 21.5 Å². The van der Waals surface area contributed by atoms with Gasteiger partial charge in [-0.15, -0.1) is 0 Å². The Balaban J connectivity index is 2.28. The predicted octanol–water partition coefficient (Wildman–Crippen LogP) is 3.72. The molecule has 0 fully saturated rings. The van der Waals surface area contributed by atoms with Crippen LogP contribution in [-0.4, -0.2) is 11.1 Å². The van der Waals surface area contributed by atoms with Crippen LogP contribution in [0.5, 0.6) is 0 Å². The number of nitriles is 1. The molecule has 0 atom stereocenters. The second-order valence-electron chi connectivity index (χ2n) is 4.04. The summed E-state index contributed by atoms with van der Waals surface area (Å²) in [6.45, 7) is 1.97. The summed E-state index contributed by atoms with van der Waals surface area (Å²) in [4.78, 5) is 12.6. The van der Waals surface area contributed by atoms with Crippen LogP contribution in [0, 0.1) is 18.3 Å². The minimum absolute atomic E-state index is 0.258. The number of carboxylic acid groups (broad SMARTS) is 1. The smallest absolute Gasteiger partial charge is 0.335 e. The molecule has 0 aliphatic heterocycles. The maximum absolute atomic E-state index is 10.8. The highest BCUT2D eigenvalue weighted by Gasteiger charge is 2.06. The molecule has 0 amide bonds. The van der Waals surface area contributed by atoms with Crippen LogP contribution >= 0.6 is 11.8 Å². The largest absolute Gasteiger partial charge is 0.478 e. The van der Waals surface area contributed by atoms with Gasteiger partial charge in [-0.1, -0.05) is 17.8 Å². The van der Waals surface area contributed by atoms with E-state index in [2.05, 4.69) is 6.07 Å². The molecule has 0 aromatic heterocycles. The second-order valence-corrected chi connectivity index (χ2v) is 5.16. The van der Waals surface area contributed by atoms with Gasteiger partial charge in [0.15, 0.2) is 0 Å². The van der Waals surface area contributed by atoms with Gasteiger partial charge in [0.05, 0.1) is 11.1 Å². The van der Waals surface area contributed by atoms with Crippen molar-refractivity contribution < 1.29 is 9.90 Å². The van der Waals surface area contributed by atoms with Crippen molar-refractivity contribution in [2.24, 2.45) is 0 Å². The lowest BCUT2D eigenvalue weighted by molar-refractivity contribution is 0.0697. The van der Waals surface area contributed by atoms with Crippen LogP contribution in [0.25, 0.3) is 0 Å². The Morgan fingerprint density at radius 1 is 1.21 bits per heavy atom. The predicted molar refractivity (Wildman–Crippen MR) is 73.4 cm³/mol. The fraction of sp³-hybridized carbons (Fsp3) is 0.0667. The molecule has 19 heavy (non-hydrogen) atoms. The summed E-state index contributed by atoms with van der Waals surface area (Å²) in [6.07, 6.45) is 0. The molecule has 0 saturated carbocycles. The topological polar surface area (TPSA) is 61.1 Å². The van der Waals surface area contributed by atoms with E-state index in [0.29, 0.717) is 5.56 Å². The molecule has 2 aromatic rings. The number of carbonyl (C=O) groups is 1. The van der Waals surface area contributed by atoms with E-state index in [-0.39, 0.29) is 5.56 Å². The molecule has 0 unspecified atom stereocenters. The van der Waals surface area contributed by atoms with Gasteiger partial charge in [0, 0.05) is 9.79 Å². The maximum atomic E-state index is 10.8. The Kier molecular flexibility index (Phi) is 3.88. The fourth-order valence-corrected chi connectivity index (χ4v) is 2.59.